The number of sulfone groups is 1. The van der Waals surface area contributed by atoms with Crippen LogP contribution in [0, 0.1) is 6.92 Å². The summed E-state index contributed by atoms with van der Waals surface area (Å²) in [6, 6.07) is 7.07. The standard InChI is InChI=1S/C13H19BrO2S/c1-11-5-7-12(8-6-11)17(15,16)13(2,3)9-4-10-14/h5-8H,4,9-10H2,1-3H3. The van der Waals surface area contributed by atoms with Gasteiger partial charge < -0.3 is 0 Å². The van der Waals surface area contributed by atoms with Gasteiger partial charge in [0, 0.05) is 5.33 Å². The predicted octanol–water partition coefficient (Wildman–Crippen LogP) is 3.72. The smallest absolute Gasteiger partial charge is 0.183 e. The molecule has 0 radical (unpaired) electrons. The van der Waals surface area contributed by atoms with Crippen LogP contribution in [0.1, 0.15) is 32.3 Å². The lowest BCUT2D eigenvalue weighted by Crippen LogP contribution is -2.32. The molecule has 4 heteroatoms. The summed E-state index contributed by atoms with van der Waals surface area (Å²) in [5.74, 6) is 0. The molecule has 0 atom stereocenters. The van der Waals surface area contributed by atoms with Gasteiger partial charge in [-0.05, 0) is 45.7 Å². The largest absolute Gasteiger partial charge is 0.223 e. The lowest BCUT2D eigenvalue weighted by molar-refractivity contribution is 0.524. The Morgan fingerprint density at radius 3 is 2.18 bits per heavy atom. The molecule has 0 fully saturated rings. The number of hydrogen-bond donors (Lipinski definition) is 0. The number of hydrogen-bond acceptors (Lipinski definition) is 2. The van der Waals surface area contributed by atoms with Crippen LogP contribution < -0.4 is 0 Å². The minimum Gasteiger partial charge on any atom is -0.223 e. The molecule has 17 heavy (non-hydrogen) atoms. The number of benzene rings is 1. The van der Waals surface area contributed by atoms with E-state index in [2.05, 4.69) is 15.9 Å². The van der Waals surface area contributed by atoms with Gasteiger partial charge in [0.15, 0.2) is 9.84 Å². The van der Waals surface area contributed by atoms with E-state index >= 15 is 0 Å². The zero-order chi connectivity index (χ0) is 13.1. The highest BCUT2D eigenvalue weighted by Crippen LogP contribution is 2.29. The predicted molar refractivity (Wildman–Crippen MR) is 75.5 cm³/mol. The van der Waals surface area contributed by atoms with Crippen LogP contribution >= 0.6 is 15.9 Å². The highest BCUT2D eigenvalue weighted by molar-refractivity contribution is 9.09. The molecule has 0 aliphatic carbocycles. The van der Waals surface area contributed by atoms with Crippen LogP contribution in [0.25, 0.3) is 0 Å². The van der Waals surface area contributed by atoms with Gasteiger partial charge in [0.05, 0.1) is 9.64 Å². The van der Waals surface area contributed by atoms with E-state index < -0.39 is 14.6 Å². The molecule has 0 saturated carbocycles. The van der Waals surface area contributed by atoms with Crippen LogP contribution in [0.3, 0.4) is 0 Å². The highest BCUT2D eigenvalue weighted by atomic mass is 79.9. The van der Waals surface area contributed by atoms with Crippen molar-refractivity contribution < 1.29 is 8.42 Å². The normalized spacial score (nSPS) is 12.7. The Bertz CT molecular complexity index is 461. The average molecular weight is 319 g/mol. The SMILES string of the molecule is Cc1ccc(S(=O)(=O)C(C)(C)CCCBr)cc1. The number of halogens is 1. The van der Waals surface area contributed by atoms with Gasteiger partial charge in [-0.3, -0.25) is 0 Å². The van der Waals surface area contributed by atoms with Crippen LogP contribution in [0.15, 0.2) is 29.2 Å². The molecular weight excluding hydrogens is 300 g/mol. The third kappa shape index (κ3) is 3.32. The van der Waals surface area contributed by atoms with Gasteiger partial charge in [0.2, 0.25) is 0 Å². The van der Waals surface area contributed by atoms with E-state index in [1.54, 1.807) is 26.0 Å². The molecule has 0 unspecified atom stereocenters. The van der Waals surface area contributed by atoms with Crippen LogP contribution in [-0.2, 0) is 9.84 Å². The van der Waals surface area contributed by atoms with Crippen molar-refractivity contribution in [3.05, 3.63) is 29.8 Å². The molecule has 2 nitrogen and oxygen atoms in total. The van der Waals surface area contributed by atoms with Crippen molar-refractivity contribution >= 4 is 25.8 Å². The molecule has 0 heterocycles. The summed E-state index contributed by atoms with van der Waals surface area (Å²) >= 11 is 3.34. The van der Waals surface area contributed by atoms with Gasteiger partial charge in [-0.25, -0.2) is 8.42 Å². The average Bonchev–Trinajstić information content (AvgIpc) is 2.27. The summed E-state index contributed by atoms with van der Waals surface area (Å²) in [5.41, 5.74) is 1.07. The van der Waals surface area contributed by atoms with E-state index in [1.807, 2.05) is 19.1 Å². The van der Waals surface area contributed by atoms with Gasteiger partial charge in [-0.2, -0.15) is 0 Å². The summed E-state index contributed by atoms with van der Waals surface area (Å²) in [5, 5.41) is 0.833. The van der Waals surface area contributed by atoms with E-state index in [9.17, 15) is 8.42 Å². The van der Waals surface area contributed by atoms with E-state index in [0.29, 0.717) is 11.3 Å². The number of aryl methyl sites for hydroxylation is 1. The lowest BCUT2D eigenvalue weighted by Gasteiger charge is -2.24. The van der Waals surface area contributed by atoms with Gasteiger partial charge >= 0.3 is 0 Å². The first-order chi connectivity index (χ1) is 7.81. The second-order valence-electron chi connectivity index (χ2n) is 4.87. The van der Waals surface area contributed by atoms with Crippen LogP contribution in [-0.4, -0.2) is 18.5 Å². The van der Waals surface area contributed by atoms with E-state index in [-0.39, 0.29) is 0 Å². The van der Waals surface area contributed by atoms with Crippen LogP contribution in [0.2, 0.25) is 0 Å². The summed E-state index contributed by atoms with van der Waals surface area (Å²) in [6.07, 6.45) is 1.52. The van der Waals surface area contributed by atoms with Gasteiger partial charge in [-0.1, -0.05) is 33.6 Å². The topological polar surface area (TPSA) is 34.1 Å². The third-order valence-electron chi connectivity index (χ3n) is 2.97. The fraction of sp³-hybridized carbons (Fsp3) is 0.538. The van der Waals surface area contributed by atoms with E-state index in [4.69, 9.17) is 0 Å². The third-order valence-corrected chi connectivity index (χ3v) is 6.08. The molecule has 0 saturated heterocycles. The maximum atomic E-state index is 12.5. The molecular formula is C13H19BrO2S. The molecule has 96 valence electrons. The second kappa shape index (κ2) is 5.53. The molecule has 0 bridgehead atoms. The summed E-state index contributed by atoms with van der Waals surface area (Å²) in [7, 11) is -3.25. The van der Waals surface area contributed by atoms with Crippen molar-refractivity contribution in [1.82, 2.24) is 0 Å². The highest BCUT2D eigenvalue weighted by Gasteiger charge is 2.34. The summed E-state index contributed by atoms with van der Waals surface area (Å²) < 4.78 is 24.2. The minimum absolute atomic E-state index is 0.419. The maximum Gasteiger partial charge on any atom is 0.183 e. The van der Waals surface area contributed by atoms with Crippen LogP contribution in [0.5, 0.6) is 0 Å². The minimum atomic E-state index is -3.25. The monoisotopic (exact) mass is 318 g/mol. The molecule has 0 N–H and O–H groups in total. The first-order valence-electron chi connectivity index (χ1n) is 5.68. The molecule has 0 aromatic heterocycles. The Hall–Kier alpha value is -0.350. The Labute approximate surface area is 112 Å². The van der Waals surface area contributed by atoms with E-state index in [1.165, 1.54) is 0 Å². The molecule has 1 rings (SSSR count). The van der Waals surface area contributed by atoms with Crippen molar-refractivity contribution in [3.63, 3.8) is 0 Å². The number of alkyl halides is 1. The quantitative estimate of drug-likeness (QED) is 0.775. The molecule has 0 spiro atoms. The van der Waals surface area contributed by atoms with E-state index in [0.717, 1.165) is 17.3 Å². The van der Waals surface area contributed by atoms with Gasteiger partial charge in [0.25, 0.3) is 0 Å². The van der Waals surface area contributed by atoms with Gasteiger partial charge in [-0.15, -0.1) is 0 Å². The first kappa shape index (κ1) is 14.7. The fourth-order valence-corrected chi connectivity index (χ4v) is 3.49. The van der Waals surface area contributed by atoms with Crippen LogP contribution in [0.4, 0.5) is 0 Å². The Balaban J connectivity index is 3.06. The summed E-state index contributed by atoms with van der Waals surface area (Å²) in [6.45, 7) is 5.54. The molecule has 1 aromatic rings. The lowest BCUT2D eigenvalue weighted by atomic mass is 10.1. The second-order valence-corrected chi connectivity index (χ2v) is 8.25. The Morgan fingerprint density at radius 1 is 1.18 bits per heavy atom. The van der Waals surface area contributed by atoms with Gasteiger partial charge in [0.1, 0.15) is 0 Å². The van der Waals surface area contributed by atoms with Crippen molar-refractivity contribution in [2.75, 3.05) is 5.33 Å². The van der Waals surface area contributed by atoms with Crippen molar-refractivity contribution in [2.45, 2.75) is 43.3 Å². The number of rotatable bonds is 5. The molecule has 0 amide bonds. The Kier molecular flexibility index (Phi) is 4.78. The first-order valence-corrected chi connectivity index (χ1v) is 8.29. The zero-order valence-electron chi connectivity index (χ0n) is 10.5. The summed E-state index contributed by atoms with van der Waals surface area (Å²) in [4.78, 5) is 0.419. The van der Waals surface area contributed by atoms with Crippen molar-refractivity contribution in [1.29, 1.82) is 0 Å². The Morgan fingerprint density at radius 2 is 1.71 bits per heavy atom. The molecule has 0 aliphatic heterocycles. The molecule has 0 aliphatic rings. The fourth-order valence-electron chi connectivity index (χ4n) is 1.66. The molecule has 1 aromatic carbocycles. The zero-order valence-corrected chi connectivity index (χ0v) is 12.9. The van der Waals surface area contributed by atoms with Crippen molar-refractivity contribution in [3.8, 4) is 0 Å². The maximum absolute atomic E-state index is 12.5. The van der Waals surface area contributed by atoms with Crippen molar-refractivity contribution in [2.24, 2.45) is 0 Å².